The number of hydrogen-bond donors (Lipinski definition) is 0. The van der Waals surface area contributed by atoms with E-state index in [-0.39, 0.29) is 10.7 Å². The van der Waals surface area contributed by atoms with Gasteiger partial charge in [0.15, 0.2) is 5.11 Å². The highest BCUT2D eigenvalue weighted by Crippen LogP contribution is 2.30. The van der Waals surface area contributed by atoms with Gasteiger partial charge in [0.05, 0.1) is 18.5 Å². The number of anilines is 2. The van der Waals surface area contributed by atoms with Crippen LogP contribution in [0, 0.1) is 6.92 Å². The minimum Gasteiger partial charge on any atom is -0.497 e. The zero-order valence-electron chi connectivity index (χ0n) is 19.8. The predicted molar refractivity (Wildman–Crippen MR) is 145 cm³/mol. The topological polar surface area (TPSA) is 54.8 Å². The van der Waals surface area contributed by atoms with Gasteiger partial charge in [-0.15, -0.1) is 0 Å². The Morgan fingerprint density at radius 1 is 0.694 bits per heavy atom. The van der Waals surface area contributed by atoms with Crippen LogP contribution < -0.4 is 14.5 Å². The minimum atomic E-state index is -0.469. The molecule has 7 heteroatoms. The monoisotopic (exact) mass is 493 g/mol. The molecule has 1 saturated heterocycles. The zero-order valence-corrected chi connectivity index (χ0v) is 20.6. The van der Waals surface area contributed by atoms with E-state index in [1.165, 1.54) is 9.80 Å². The molecule has 6 nitrogen and oxygen atoms in total. The molecule has 0 atom stereocenters. The van der Waals surface area contributed by atoms with E-state index in [1.807, 2.05) is 84.3 Å². The summed E-state index contributed by atoms with van der Waals surface area (Å²) in [6.45, 7) is 1.97. The van der Waals surface area contributed by atoms with E-state index < -0.39 is 11.8 Å². The maximum atomic E-state index is 13.8. The van der Waals surface area contributed by atoms with Gasteiger partial charge in [0.1, 0.15) is 11.3 Å². The number of nitrogens with zero attached hydrogens (tertiary/aromatic N) is 3. The average molecular weight is 494 g/mol. The van der Waals surface area contributed by atoms with Gasteiger partial charge in [-0.1, -0.05) is 36.4 Å². The number of aryl methyl sites for hydroxylation is 1. The summed E-state index contributed by atoms with van der Waals surface area (Å²) in [5.74, 6) is -0.196. The molecule has 4 aromatic rings. The molecule has 3 aromatic carbocycles. The molecule has 2 amide bonds. The van der Waals surface area contributed by atoms with Crippen LogP contribution in [0.25, 0.3) is 11.8 Å². The van der Waals surface area contributed by atoms with Crippen molar-refractivity contribution in [3.05, 3.63) is 114 Å². The number of amides is 2. The predicted octanol–water partition coefficient (Wildman–Crippen LogP) is 5.54. The van der Waals surface area contributed by atoms with E-state index in [1.54, 1.807) is 37.5 Å². The first-order valence-corrected chi connectivity index (χ1v) is 11.8. The number of thiocarbonyl (C=S) groups is 1. The first kappa shape index (κ1) is 23.3. The third-order valence-electron chi connectivity index (χ3n) is 6.01. The number of carbonyl (C=O) groups is 2. The van der Waals surface area contributed by atoms with E-state index >= 15 is 0 Å². The Morgan fingerprint density at radius 3 is 1.72 bits per heavy atom. The third-order valence-corrected chi connectivity index (χ3v) is 6.37. The summed E-state index contributed by atoms with van der Waals surface area (Å²) in [4.78, 5) is 30.3. The second kappa shape index (κ2) is 9.64. The molecule has 1 aromatic heterocycles. The number of ether oxygens (including phenoxy) is 1. The number of hydrogen-bond acceptors (Lipinski definition) is 4. The lowest BCUT2D eigenvalue weighted by atomic mass is 10.1. The van der Waals surface area contributed by atoms with Gasteiger partial charge in [0.25, 0.3) is 11.8 Å². The van der Waals surface area contributed by atoms with Crippen LogP contribution in [0.2, 0.25) is 0 Å². The average Bonchev–Trinajstić information content (AvgIpc) is 3.27. The highest BCUT2D eigenvalue weighted by molar-refractivity contribution is 7.81. The second-order valence-corrected chi connectivity index (χ2v) is 8.59. The van der Waals surface area contributed by atoms with Crippen LogP contribution in [0.5, 0.6) is 5.75 Å². The molecule has 2 heterocycles. The third kappa shape index (κ3) is 4.10. The van der Waals surface area contributed by atoms with Crippen LogP contribution in [-0.4, -0.2) is 28.6 Å². The smallest absolute Gasteiger partial charge is 0.270 e. The lowest BCUT2D eigenvalue weighted by Gasteiger charge is -2.36. The molecule has 178 valence electrons. The molecule has 0 N–H and O–H groups in total. The first-order valence-electron chi connectivity index (χ1n) is 11.4. The van der Waals surface area contributed by atoms with Crippen LogP contribution in [-0.2, 0) is 9.59 Å². The van der Waals surface area contributed by atoms with Gasteiger partial charge in [0.2, 0.25) is 0 Å². The van der Waals surface area contributed by atoms with E-state index in [4.69, 9.17) is 17.0 Å². The van der Waals surface area contributed by atoms with Gasteiger partial charge < -0.3 is 9.30 Å². The van der Waals surface area contributed by atoms with Gasteiger partial charge >= 0.3 is 0 Å². The molecule has 5 rings (SSSR count). The van der Waals surface area contributed by atoms with E-state index in [0.717, 1.165) is 17.1 Å². The van der Waals surface area contributed by atoms with Crippen molar-refractivity contribution in [3.8, 4) is 11.4 Å². The molecule has 0 spiro atoms. The molecule has 0 saturated carbocycles. The summed E-state index contributed by atoms with van der Waals surface area (Å²) in [7, 11) is 1.62. The molecule has 0 aliphatic carbocycles. The van der Waals surface area contributed by atoms with Gasteiger partial charge in [-0.3, -0.25) is 19.4 Å². The Bertz CT molecular complexity index is 1410. The fourth-order valence-corrected chi connectivity index (χ4v) is 4.62. The quantitative estimate of drug-likeness (QED) is 0.208. The Labute approximate surface area is 214 Å². The zero-order chi connectivity index (χ0) is 25.2. The summed E-state index contributed by atoms with van der Waals surface area (Å²) in [6, 6.07) is 29.7. The number of methoxy groups -OCH3 is 1. The van der Waals surface area contributed by atoms with Gasteiger partial charge in [0, 0.05) is 17.1 Å². The fourth-order valence-electron chi connectivity index (χ4n) is 4.24. The molecule has 0 unspecified atom stereocenters. The standard InChI is InChI=1S/C29H23N3O3S/c1-20-13-14-24(30(20)23-15-17-25(35-2)18-16-23)19-26-27(33)31(21-9-5-3-6-10-21)29(36)32(28(26)34)22-11-7-4-8-12-22/h3-19H,1-2H3. The van der Waals surface area contributed by atoms with Crippen molar-refractivity contribution in [3.63, 3.8) is 0 Å². The van der Waals surface area contributed by atoms with Crippen LogP contribution in [0.4, 0.5) is 11.4 Å². The van der Waals surface area contributed by atoms with Crippen molar-refractivity contribution in [2.24, 2.45) is 0 Å². The summed E-state index contributed by atoms with van der Waals surface area (Å²) < 4.78 is 7.27. The molecule has 0 bridgehead atoms. The lowest BCUT2D eigenvalue weighted by Crippen LogP contribution is -2.56. The molecule has 1 aliphatic heterocycles. The van der Waals surface area contributed by atoms with E-state index in [9.17, 15) is 9.59 Å². The van der Waals surface area contributed by atoms with Crippen molar-refractivity contribution in [2.75, 3.05) is 16.9 Å². The summed E-state index contributed by atoms with van der Waals surface area (Å²) in [5.41, 5.74) is 3.74. The van der Waals surface area contributed by atoms with Crippen LogP contribution in [0.15, 0.2) is 103 Å². The highest BCUT2D eigenvalue weighted by Gasteiger charge is 2.41. The number of para-hydroxylation sites is 2. The maximum absolute atomic E-state index is 13.8. The SMILES string of the molecule is COc1ccc(-n2c(C)ccc2C=C2C(=O)N(c3ccccc3)C(=S)N(c3ccccc3)C2=O)cc1. The Kier molecular flexibility index (Phi) is 6.23. The van der Waals surface area contributed by atoms with Gasteiger partial charge in [-0.25, -0.2) is 0 Å². The summed E-state index contributed by atoms with van der Waals surface area (Å²) in [5, 5.41) is 0.112. The van der Waals surface area contributed by atoms with Crippen LogP contribution in [0.3, 0.4) is 0 Å². The Morgan fingerprint density at radius 2 is 1.22 bits per heavy atom. The number of rotatable bonds is 5. The normalized spacial score (nSPS) is 13.8. The fraction of sp³-hybridized carbons (Fsp3) is 0.0690. The van der Waals surface area contributed by atoms with Crippen molar-refractivity contribution < 1.29 is 14.3 Å². The Balaban J connectivity index is 1.65. The molecule has 0 radical (unpaired) electrons. The molecular weight excluding hydrogens is 470 g/mol. The van der Waals surface area contributed by atoms with Crippen molar-refractivity contribution in [1.82, 2.24) is 4.57 Å². The summed E-state index contributed by atoms with van der Waals surface area (Å²) in [6.07, 6.45) is 1.63. The van der Waals surface area contributed by atoms with Crippen LogP contribution in [0.1, 0.15) is 11.4 Å². The van der Waals surface area contributed by atoms with Crippen molar-refractivity contribution in [2.45, 2.75) is 6.92 Å². The largest absolute Gasteiger partial charge is 0.497 e. The first-order chi connectivity index (χ1) is 17.5. The molecule has 1 fully saturated rings. The Hall–Kier alpha value is -4.49. The number of aromatic nitrogens is 1. The minimum absolute atomic E-state index is 0.0177. The van der Waals surface area contributed by atoms with Crippen molar-refractivity contribution in [1.29, 1.82) is 0 Å². The van der Waals surface area contributed by atoms with Gasteiger partial charge in [-0.05, 0) is 85.9 Å². The van der Waals surface area contributed by atoms with E-state index in [2.05, 4.69) is 0 Å². The summed E-state index contributed by atoms with van der Waals surface area (Å²) >= 11 is 5.68. The highest BCUT2D eigenvalue weighted by atomic mass is 32.1. The number of benzene rings is 3. The lowest BCUT2D eigenvalue weighted by molar-refractivity contribution is -0.120. The molecule has 36 heavy (non-hydrogen) atoms. The maximum Gasteiger partial charge on any atom is 0.270 e. The molecular formula is C29H23N3O3S. The van der Waals surface area contributed by atoms with Crippen molar-refractivity contribution >= 4 is 46.6 Å². The van der Waals surface area contributed by atoms with E-state index in [0.29, 0.717) is 17.1 Å². The van der Waals surface area contributed by atoms with Gasteiger partial charge in [-0.2, -0.15) is 0 Å². The molecule has 1 aliphatic rings. The second-order valence-electron chi connectivity index (χ2n) is 8.23. The number of carbonyl (C=O) groups excluding carboxylic acids is 2. The van der Waals surface area contributed by atoms with Crippen LogP contribution >= 0.6 is 12.2 Å².